The van der Waals surface area contributed by atoms with Crippen LogP contribution >= 0.6 is 0 Å². The first-order valence-corrected chi connectivity index (χ1v) is 3.16. The van der Waals surface area contributed by atoms with Gasteiger partial charge in [0.05, 0.1) is 0 Å². The van der Waals surface area contributed by atoms with Crippen molar-refractivity contribution < 1.29 is 5.11 Å². The van der Waals surface area contributed by atoms with E-state index in [1.165, 1.54) is 0 Å². The minimum absolute atomic E-state index is 0.305. The van der Waals surface area contributed by atoms with E-state index in [2.05, 4.69) is 5.32 Å². The van der Waals surface area contributed by atoms with Crippen LogP contribution in [0.25, 0.3) is 0 Å². The predicted molar refractivity (Wildman–Crippen MR) is 33.9 cm³/mol. The summed E-state index contributed by atoms with van der Waals surface area (Å²) in [5.41, 5.74) is 0. The van der Waals surface area contributed by atoms with E-state index in [4.69, 9.17) is 5.11 Å². The molecule has 1 radical (unpaired) electrons. The van der Waals surface area contributed by atoms with Crippen molar-refractivity contribution in [1.82, 2.24) is 5.32 Å². The van der Waals surface area contributed by atoms with Gasteiger partial charge in [0.1, 0.15) is 0 Å². The molecule has 0 saturated carbocycles. The highest BCUT2D eigenvalue weighted by atomic mass is 16.2. The van der Waals surface area contributed by atoms with E-state index < -0.39 is 0 Å². The molecule has 2 heteroatoms. The van der Waals surface area contributed by atoms with Crippen LogP contribution in [0.3, 0.4) is 0 Å². The largest absolute Gasteiger partial charge is 0.396 e. The molecule has 0 aliphatic rings. The molecule has 0 aromatic heterocycles. The van der Waals surface area contributed by atoms with Gasteiger partial charge in [0, 0.05) is 19.7 Å². The number of nitrogens with zero attached hydrogens (tertiary/aromatic N) is 1. The average Bonchev–Trinajstić information content (AvgIpc) is 1.81. The quantitative estimate of drug-likeness (QED) is 0.518. The van der Waals surface area contributed by atoms with Gasteiger partial charge < -0.3 is 5.11 Å². The molecular formula is C6H14NO. The van der Waals surface area contributed by atoms with Crippen LogP contribution in [0.2, 0.25) is 0 Å². The van der Waals surface area contributed by atoms with Gasteiger partial charge in [0.25, 0.3) is 0 Å². The maximum atomic E-state index is 8.32. The zero-order valence-corrected chi connectivity index (χ0v) is 5.43. The van der Waals surface area contributed by atoms with Crippen LogP contribution < -0.4 is 5.32 Å². The van der Waals surface area contributed by atoms with Crippen LogP contribution in [0.15, 0.2) is 0 Å². The molecule has 0 unspecified atom stereocenters. The van der Waals surface area contributed by atoms with E-state index in [0.717, 1.165) is 25.9 Å². The minimum Gasteiger partial charge on any atom is -0.396 e. The molecule has 0 fully saturated rings. The normalized spacial score (nSPS) is 9.75. The zero-order valence-electron chi connectivity index (χ0n) is 5.43. The van der Waals surface area contributed by atoms with Gasteiger partial charge in [-0.25, -0.2) is 5.32 Å². The second kappa shape index (κ2) is 6.92. The Balaban J connectivity index is 2.53. The van der Waals surface area contributed by atoms with Crippen LogP contribution in [-0.4, -0.2) is 24.8 Å². The molecular weight excluding hydrogens is 102 g/mol. The first kappa shape index (κ1) is 7.92. The van der Waals surface area contributed by atoms with Crippen LogP contribution in [0.4, 0.5) is 0 Å². The number of hydrogen-bond donors (Lipinski definition) is 1. The third-order valence-corrected chi connectivity index (χ3v) is 0.948. The van der Waals surface area contributed by atoms with Crippen molar-refractivity contribution in [2.75, 3.05) is 19.7 Å². The minimum atomic E-state index is 0.305. The van der Waals surface area contributed by atoms with Crippen molar-refractivity contribution in [1.29, 1.82) is 0 Å². The van der Waals surface area contributed by atoms with E-state index in [1.807, 2.05) is 6.92 Å². The van der Waals surface area contributed by atoms with Crippen molar-refractivity contribution in [2.45, 2.75) is 19.8 Å². The molecule has 0 atom stereocenters. The first-order chi connectivity index (χ1) is 3.91. The molecule has 0 rings (SSSR count). The fourth-order valence-corrected chi connectivity index (χ4v) is 0.494. The Morgan fingerprint density at radius 1 is 1.38 bits per heavy atom. The second-order valence-electron chi connectivity index (χ2n) is 1.69. The van der Waals surface area contributed by atoms with Gasteiger partial charge >= 0.3 is 0 Å². The molecule has 49 valence electrons. The Hall–Kier alpha value is -0.0800. The Bertz CT molecular complexity index is 33.5. The molecule has 2 nitrogen and oxygen atoms in total. The van der Waals surface area contributed by atoms with Crippen LogP contribution in [0.1, 0.15) is 19.8 Å². The summed E-state index contributed by atoms with van der Waals surface area (Å²) in [4.78, 5) is 0. The van der Waals surface area contributed by atoms with Crippen LogP contribution in [-0.2, 0) is 0 Å². The van der Waals surface area contributed by atoms with E-state index >= 15 is 0 Å². The summed E-state index contributed by atoms with van der Waals surface area (Å²) in [6.07, 6.45) is 1.92. The maximum Gasteiger partial charge on any atom is 0.0431 e. The predicted octanol–water partition coefficient (Wildman–Crippen LogP) is 0.383. The maximum absolute atomic E-state index is 8.32. The SMILES string of the molecule is CC[N]CCCCO. The average molecular weight is 116 g/mol. The second-order valence-corrected chi connectivity index (χ2v) is 1.69. The molecule has 0 heterocycles. The molecule has 0 amide bonds. The van der Waals surface area contributed by atoms with Crippen molar-refractivity contribution >= 4 is 0 Å². The van der Waals surface area contributed by atoms with Crippen molar-refractivity contribution in [2.24, 2.45) is 0 Å². The summed E-state index contributed by atoms with van der Waals surface area (Å²) in [5, 5.41) is 12.4. The van der Waals surface area contributed by atoms with Gasteiger partial charge in [0.2, 0.25) is 0 Å². The molecule has 0 aromatic rings. The van der Waals surface area contributed by atoms with Gasteiger partial charge in [-0.15, -0.1) is 0 Å². The Labute approximate surface area is 50.9 Å². The number of rotatable bonds is 5. The summed E-state index contributed by atoms with van der Waals surface area (Å²) in [6, 6.07) is 0. The Morgan fingerprint density at radius 2 is 2.12 bits per heavy atom. The number of hydrogen-bond acceptors (Lipinski definition) is 1. The zero-order chi connectivity index (χ0) is 6.24. The van der Waals surface area contributed by atoms with Crippen LogP contribution in [0, 0.1) is 0 Å². The highest BCUT2D eigenvalue weighted by Gasteiger charge is 1.83. The molecule has 0 spiro atoms. The lowest BCUT2D eigenvalue weighted by Crippen LogP contribution is -2.05. The van der Waals surface area contributed by atoms with E-state index in [9.17, 15) is 0 Å². The first-order valence-electron chi connectivity index (χ1n) is 3.16. The number of unbranched alkanes of at least 4 members (excludes halogenated alkanes) is 1. The van der Waals surface area contributed by atoms with E-state index in [1.54, 1.807) is 0 Å². The highest BCUT2D eigenvalue weighted by Crippen LogP contribution is 1.83. The van der Waals surface area contributed by atoms with Gasteiger partial charge in [-0.1, -0.05) is 6.92 Å². The van der Waals surface area contributed by atoms with Crippen molar-refractivity contribution in [3.05, 3.63) is 0 Å². The third-order valence-electron chi connectivity index (χ3n) is 0.948. The number of aliphatic hydroxyl groups is 1. The molecule has 0 aromatic carbocycles. The van der Waals surface area contributed by atoms with Crippen molar-refractivity contribution in [3.63, 3.8) is 0 Å². The molecule has 0 aliphatic carbocycles. The van der Waals surface area contributed by atoms with Gasteiger partial charge in [-0.05, 0) is 12.8 Å². The summed E-state index contributed by atoms with van der Waals surface area (Å²) in [6.45, 7) is 4.15. The molecule has 0 aliphatic heterocycles. The Morgan fingerprint density at radius 3 is 2.62 bits per heavy atom. The lowest BCUT2D eigenvalue weighted by Gasteiger charge is -1.94. The summed E-state index contributed by atoms with van der Waals surface area (Å²) in [7, 11) is 0. The fraction of sp³-hybridized carbons (Fsp3) is 1.00. The highest BCUT2D eigenvalue weighted by molar-refractivity contribution is 4.41. The monoisotopic (exact) mass is 116 g/mol. The smallest absolute Gasteiger partial charge is 0.0431 e. The topological polar surface area (TPSA) is 34.3 Å². The van der Waals surface area contributed by atoms with E-state index in [-0.39, 0.29) is 0 Å². The molecule has 1 N–H and O–H groups in total. The van der Waals surface area contributed by atoms with Crippen LogP contribution in [0.5, 0.6) is 0 Å². The third kappa shape index (κ3) is 5.92. The summed E-state index contributed by atoms with van der Waals surface area (Å²) < 4.78 is 0. The molecule has 8 heavy (non-hydrogen) atoms. The van der Waals surface area contributed by atoms with Gasteiger partial charge in [-0.2, -0.15) is 0 Å². The molecule has 0 bridgehead atoms. The summed E-state index contributed by atoms with van der Waals surface area (Å²) in [5.74, 6) is 0. The van der Waals surface area contributed by atoms with Crippen molar-refractivity contribution in [3.8, 4) is 0 Å². The summed E-state index contributed by atoms with van der Waals surface area (Å²) >= 11 is 0. The fourth-order valence-electron chi connectivity index (χ4n) is 0.494. The number of aliphatic hydroxyl groups excluding tert-OH is 1. The van der Waals surface area contributed by atoms with Gasteiger partial charge in [0.15, 0.2) is 0 Å². The standard InChI is InChI=1S/C6H14NO/c1-2-7-5-3-4-6-8/h8H,2-6H2,1H3. The van der Waals surface area contributed by atoms with Gasteiger partial charge in [-0.3, -0.25) is 0 Å². The Kier molecular flexibility index (Phi) is 6.85. The lowest BCUT2D eigenvalue weighted by molar-refractivity contribution is 0.283. The lowest BCUT2D eigenvalue weighted by atomic mass is 10.3. The van der Waals surface area contributed by atoms with E-state index in [0.29, 0.717) is 6.61 Å². The molecule has 0 saturated heterocycles.